The molecule has 1 fully saturated rings. The van der Waals surface area contributed by atoms with E-state index in [-0.39, 0.29) is 18.4 Å². The van der Waals surface area contributed by atoms with Crippen LogP contribution in [0.15, 0.2) is 22.7 Å². The zero-order valence-electron chi connectivity index (χ0n) is 12.5. The standard InChI is InChI=1S/C16H20BrNO3/c1-10(2)16(15(20)21)6-7-18(9-16)14(19)12-8-11(3)4-5-13(12)17/h4-5,8,10H,6-7,9H2,1-3H3,(H,20,21). The molecule has 1 heterocycles. The van der Waals surface area contributed by atoms with Crippen LogP contribution in [0.1, 0.15) is 36.2 Å². The van der Waals surface area contributed by atoms with Crippen molar-refractivity contribution in [2.24, 2.45) is 11.3 Å². The predicted molar refractivity (Wildman–Crippen MR) is 84.3 cm³/mol. The first-order valence-electron chi connectivity index (χ1n) is 7.07. The number of amides is 1. The molecule has 1 aliphatic heterocycles. The van der Waals surface area contributed by atoms with Crippen LogP contribution >= 0.6 is 15.9 Å². The van der Waals surface area contributed by atoms with Gasteiger partial charge in [-0.25, -0.2) is 0 Å². The number of carboxylic acids is 1. The molecule has 1 atom stereocenters. The summed E-state index contributed by atoms with van der Waals surface area (Å²) < 4.78 is 0.746. The van der Waals surface area contributed by atoms with E-state index in [1.165, 1.54) is 0 Å². The molecule has 1 amide bonds. The highest BCUT2D eigenvalue weighted by Crippen LogP contribution is 2.39. The molecule has 0 radical (unpaired) electrons. The number of hydrogen-bond acceptors (Lipinski definition) is 2. The number of carbonyl (C=O) groups is 2. The van der Waals surface area contributed by atoms with Crippen molar-refractivity contribution in [3.8, 4) is 0 Å². The summed E-state index contributed by atoms with van der Waals surface area (Å²) in [6.45, 7) is 6.52. The second-order valence-corrected chi connectivity index (χ2v) is 6.93. The maximum atomic E-state index is 12.7. The number of carbonyl (C=O) groups excluding carboxylic acids is 1. The van der Waals surface area contributed by atoms with Crippen molar-refractivity contribution in [2.75, 3.05) is 13.1 Å². The molecule has 1 aliphatic rings. The van der Waals surface area contributed by atoms with Gasteiger partial charge in [-0.15, -0.1) is 0 Å². The summed E-state index contributed by atoms with van der Waals surface area (Å²) in [6, 6.07) is 5.62. The first-order chi connectivity index (χ1) is 9.78. The molecule has 1 aromatic carbocycles. The zero-order valence-corrected chi connectivity index (χ0v) is 14.1. The van der Waals surface area contributed by atoms with E-state index < -0.39 is 11.4 Å². The van der Waals surface area contributed by atoms with Crippen LogP contribution in [0.3, 0.4) is 0 Å². The summed E-state index contributed by atoms with van der Waals surface area (Å²) in [5.74, 6) is -0.917. The minimum atomic E-state index is -0.827. The molecule has 2 rings (SSSR count). The van der Waals surface area contributed by atoms with Crippen LogP contribution in [0.25, 0.3) is 0 Å². The van der Waals surface area contributed by atoms with Gasteiger partial charge in [0, 0.05) is 17.6 Å². The van der Waals surface area contributed by atoms with Crippen molar-refractivity contribution in [1.82, 2.24) is 4.90 Å². The number of aliphatic carboxylic acids is 1. The Hall–Kier alpha value is -1.36. The summed E-state index contributed by atoms with van der Waals surface area (Å²) in [7, 11) is 0. The third kappa shape index (κ3) is 2.84. The van der Waals surface area contributed by atoms with Crippen molar-refractivity contribution in [2.45, 2.75) is 27.2 Å². The second-order valence-electron chi connectivity index (χ2n) is 6.08. The lowest BCUT2D eigenvalue weighted by molar-refractivity contribution is -0.150. The lowest BCUT2D eigenvalue weighted by atomic mass is 9.76. The number of halogens is 1. The number of carboxylic acid groups (broad SMARTS) is 1. The van der Waals surface area contributed by atoms with Gasteiger partial charge in [0.1, 0.15) is 0 Å². The van der Waals surface area contributed by atoms with Crippen LogP contribution < -0.4 is 0 Å². The number of rotatable bonds is 3. The Kier molecular flexibility index (Phi) is 4.42. The molecular formula is C16H20BrNO3. The molecule has 5 heteroatoms. The van der Waals surface area contributed by atoms with E-state index in [2.05, 4.69) is 15.9 Å². The van der Waals surface area contributed by atoms with Gasteiger partial charge in [-0.05, 0) is 47.3 Å². The Morgan fingerprint density at radius 2 is 2.05 bits per heavy atom. The van der Waals surface area contributed by atoms with Gasteiger partial charge in [0.05, 0.1) is 11.0 Å². The van der Waals surface area contributed by atoms with E-state index in [4.69, 9.17) is 0 Å². The van der Waals surface area contributed by atoms with Crippen LogP contribution in [0.4, 0.5) is 0 Å². The minimum absolute atomic E-state index is 0.00579. The number of hydrogen-bond donors (Lipinski definition) is 1. The number of aryl methyl sites for hydroxylation is 1. The van der Waals surface area contributed by atoms with Crippen molar-refractivity contribution in [3.05, 3.63) is 33.8 Å². The van der Waals surface area contributed by atoms with Gasteiger partial charge in [-0.2, -0.15) is 0 Å². The molecule has 0 aliphatic carbocycles. The fraction of sp³-hybridized carbons (Fsp3) is 0.500. The second kappa shape index (κ2) is 5.79. The molecule has 1 unspecified atom stereocenters. The smallest absolute Gasteiger partial charge is 0.311 e. The summed E-state index contributed by atoms with van der Waals surface area (Å²) in [4.78, 5) is 26.0. The third-order valence-corrected chi connectivity index (χ3v) is 5.16. The SMILES string of the molecule is Cc1ccc(Br)c(C(=O)N2CCC(C(=O)O)(C(C)C)C2)c1. The molecule has 1 N–H and O–H groups in total. The van der Waals surface area contributed by atoms with Gasteiger partial charge in [-0.1, -0.05) is 25.5 Å². The topological polar surface area (TPSA) is 57.6 Å². The van der Waals surface area contributed by atoms with Crippen molar-refractivity contribution >= 4 is 27.8 Å². The quantitative estimate of drug-likeness (QED) is 0.906. The maximum absolute atomic E-state index is 12.7. The van der Waals surface area contributed by atoms with Crippen LogP contribution in [-0.2, 0) is 4.79 Å². The Labute approximate surface area is 133 Å². The van der Waals surface area contributed by atoms with Crippen LogP contribution in [0, 0.1) is 18.3 Å². The Morgan fingerprint density at radius 1 is 1.38 bits per heavy atom. The maximum Gasteiger partial charge on any atom is 0.311 e. The summed E-state index contributed by atoms with van der Waals surface area (Å²) in [5.41, 5.74) is 0.778. The molecule has 0 spiro atoms. The molecule has 21 heavy (non-hydrogen) atoms. The van der Waals surface area contributed by atoms with Crippen LogP contribution in [0.5, 0.6) is 0 Å². The van der Waals surface area contributed by atoms with E-state index in [0.717, 1.165) is 10.0 Å². The zero-order chi connectivity index (χ0) is 15.8. The van der Waals surface area contributed by atoms with Crippen LogP contribution in [0.2, 0.25) is 0 Å². The van der Waals surface area contributed by atoms with E-state index in [1.807, 2.05) is 39.0 Å². The van der Waals surface area contributed by atoms with Gasteiger partial charge in [0.2, 0.25) is 0 Å². The molecule has 0 saturated carbocycles. The van der Waals surface area contributed by atoms with E-state index in [0.29, 0.717) is 18.5 Å². The Bertz CT molecular complexity index is 585. The number of nitrogens with zero attached hydrogens (tertiary/aromatic N) is 1. The average molecular weight is 354 g/mol. The molecule has 0 bridgehead atoms. The fourth-order valence-corrected chi connectivity index (χ4v) is 3.29. The fourth-order valence-electron chi connectivity index (χ4n) is 2.87. The number of benzene rings is 1. The first-order valence-corrected chi connectivity index (χ1v) is 7.86. The van der Waals surface area contributed by atoms with Crippen molar-refractivity contribution in [1.29, 1.82) is 0 Å². The largest absolute Gasteiger partial charge is 0.481 e. The van der Waals surface area contributed by atoms with Gasteiger partial charge in [0.15, 0.2) is 0 Å². The average Bonchev–Trinajstić information content (AvgIpc) is 2.87. The lowest BCUT2D eigenvalue weighted by Gasteiger charge is -2.28. The molecule has 4 nitrogen and oxygen atoms in total. The van der Waals surface area contributed by atoms with E-state index in [1.54, 1.807) is 4.90 Å². The van der Waals surface area contributed by atoms with Gasteiger partial charge < -0.3 is 10.0 Å². The molecule has 114 valence electrons. The highest BCUT2D eigenvalue weighted by Gasteiger charge is 2.48. The summed E-state index contributed by atoms with van der Waals surface area (Å²) in [5, 5.41) is 9.56. The molecule has 1 aromatic rings. The van der Waals surface area contributed by atoms with Gasteiger partial charge in [0.25, 0.3) is 5.91 Å². The summed E-state index contributed by atoms with van der Waals surface area (Å²) in [6.07, 6.45) is 0.509. The van der Waals surface area contributed by atoms with E-state index >= 15 is 0 Å². The van der Waals surface area contributed by atoms with Crippen LogP contribution in [-0.4, -0.2) is 35.0 Å². The Morgan fingerprint density at radius 3 is 2.57 bits per heavy atom. The number of likely N-dealkylation sites (tertiary alicyclic amines) is 1. The highest BCUT2D eigenvalue weighted by molar-refractivity contribution is 9.10. The first kappa shape index (κ1) is 16.0. The third-order valence-electron chi connectivity index (χ3n) is 4.47. The monoisotopic (exact) mass is 353 g/mol. The molecular weight excluding hydrogens is 334 g/mol. The predicted octanol–water partition coefficient (Wildman–Crippen LogP) is 3.33. The van der Waals surface area contributed by atoms with Gasteiger partial charge in [-0.3, -0.25) is 9.59 Å². The Balaban J connectivity index is 2.27. The van der Waals surface area contributed by atoms with E-state index in [9.17, 15) is 14.7 Å². The highest BCUT2D eigenvalue weighted by atomic mass is 79.9. The lowest BCUT2D eigenvalue weighted by Crippen LogP contribution is -2.40. The molecule has 1 saturated heterocycles. The van der Waals surface area contributed by atoms with Crippen molar-refractivity contribution in [3.63, 3.8) is 0 Å². The van der Waals surface area contributed by atoms with Gasteiger partial charge >= 0.3 is 5.97 Å². The van der Waals surface area contributed by atoms with Crippen molar-refractivity contribution < 1.29 is 14.7 Å². The molecule has 0 aromatic heterocycles. The normalized spacial score (nSPS) is 21.9. The minimum Gasteiger partial charge on any atom is -0.481 e. The summed E-state index contributed by atoms with van der Waals surface area (Å²) >= 11 is 3.40.